The molecule has 1 aliphatic heterocycles. The molecule has 27 heavy (non-hydrogen) atoms. The van der Waals surface area contributed by atoms with Gasteiger partial charge in [0.15, 0.2) is 5.13 Å². The summed E-state index contributed by atoms with van der Waals surface area (Å²) in [6.45, 7) is 5.82. The van der Waals surface area contributed by atoms with Crippen LogP contribution in [0.3, 0.4) is 0 Å². The van der Waals surface area contributed by atoms with Gasteiger partial charge in [0.05, 0.1) is 17.2 Å². The van der Waals surface area contributed by atoms with Gasteiger partial charge in [0.25, 0.3) is 0 Å². The fourth-order valence-corrected chi connectivity index (χ4v) is 4.53. The molecule has 0 saturated carbocycles. The second-order valence-electron chi connectivity index (χ2n) is 6.84. The van der Waals surface area contributed by atoms with Gasteiger partial charge < -0.3 is 10.2 Å². The Labute approximate surface area is 168 Å². The zero-order valence-electron chi connectivity index (χ0n) is 15.8. The second kappa shape index (κ2) is 9.37. The average molecular weight is 404 g/mol. The first kappa shape index (κ1) is 19.9. The number of aryl methyl sites for hydroxylation is 2. The van der Waals surface area contributed by atoms with Gasteiger partial charge in [-0.25, -0.2) is 4.98 Å². The lowest BCUT2D eigenvalue weighted by atomic mass is 10.0. The Balaban J connectivity index is 1.48. The summed E-state index contributed by atoms with van der Waals surface area (Å²) in [5.74, 6) is 0.643. The third-order valence-corrected chi connectivity index (χ3v) is 6.26. The zero-order chi connectivity index (χ0) is 19.2. The summed E-state index contributed by atoms with van der Waals surface area (Å²) >= 11 is 2.79. The molecule has 7 heteroatoms. The third-order valence-electron chi connectivity index (χ3n) is 4.59. The monoisotopic (exact) mass is 403 g/mol. The van der Waals surface area contributed by atoms with Crippen molar-refractivity contribution in [2.75, 3.05) is 29.9 Å². The summed E-state index contributed by atoms with van der Waals surface area (Å²) in [7, 11) is 0. The van der Waals surface area contributed by atoms with E-state index in [0.29, 0.717) is 10.9 Å². The summed E-state index contributed by atoms with van der Waals surface area (Å²) < 4.78 is 0. The molecule has 0 atom stereocenters. The molecule has 0 aliphatic carbocycles. The predicted octanol–water partition coefficient (Wildman–Crippen LogP) is 4.11. The average Bonchev–Trinajstić information content (AvgIpc) is 3.12. The molecule has 0 radical (unpaired) electrons. The number of nitrogens with one attached hydrogen (secondary N) is 1. The molecule has 1 aromatic carbocycles. The molecular formula is C20H25N3O2S2. The molecule has 2 heterocycles. The molecule has 0 spiro atoms. The van der Waals surface area contributed by atoms with Crippen LogP contribution >= 0.6 is 23.1 Å². The number of thioether (sulfide) groups is 1. The smallest absolute Gasteiger partial charge is 0.236 e. The molecule has 2 aromatic rings. The number of carbonyl (C=O) groups is 2. The number of hydrogen-bond acceptors (Lipinski definition) is 5. The number of amides is 2. The molecule has 2 amide bonds. The molecule has 1 fully saturated rings. The second-order valence-corrected chi connectivity index (χ2v) is 8.68. The highest BCUT2D eigenvalue weighted by Crippen LogP contribution is 2.28. The van der Waals surface area contributed by atoms with E-state index in [-0.39, 0.29) is 17.6 Å². The van der Waals surface area contributed by atoms with Crippen molar-refractivity contribution in [2.24, 2.45) is 0 Å². The minimum absolute atomic E-state index is 0.117. The van der Waals surface area contributed by atoms with Crippen molar-refractivity contribution in [3.8, 4) is 11.3 Å². The highest BCUT2D eigenvalue weighted by molar-refractivity contribution is 8.00. The van der Waals surface area contributed by atoms with Crippen molar-refractivity contribution >= 4 is 40.0 Å². The lowest BCUT2D eigenvalue weighted by Crippen LogP contribution is -2.37. The van der Waals surface area contributed by atoms with Crippen LogP contribution in [0.4, 0.5) is 5.13 Å². The Hall–Kier alpha value is -1.86. The summed E-state index contributed by atoms with van der Waals surface area (Å²) in [5, 5.41) is 5.40. The molecule has 1 aromatic heterocycles. The van der Waals surface area contributed by atoms with Crippen molar-refractivity contribution in [2.45, 2.75) is 33.1 Å². The maximum absolute atomic E-state index is 12.1. The van der Waals surface area contributed by atoms with Gasteiger partial charge in [0.2, 0.25) is 11.8 Å². The van der Waals surface area contributed by atoms with Crippen molar-refractivity contribution in [1.82, 2.24) is 9.88 Å². The maximum atomic E-state index is 12.1. The molecule has 3 rings (SSSR count). The van der Waals surface area contributed by atoms with Crippen LogP contribution in [-0.2, 0) is 9.59 Å². The number of thiazole rings is 1. The van der Waals surface area contributed by atoms with E-state index < -0.39 is 0 Å². The van der Waals surface area contributed by atoms with E-state index in [9.17, 15) is 9.59 Å². The van der Waals surface area contributed by atoms with Gasteiger partial charge in [-0.05, 0) is 44.7 Å². The molecule has 5 nitrogen and oxygen atoms in total. The van der Waals surface area contributed by atoms with Crippen LogP contribution in [0.2, 0.25) is 0 Å². The van der Waals surface area contributed by atoms with Crippen LogP contribution in [0.25, 0.3) is 11.3 Å². The number of benzene rings is 1. The normalized spacial score (nSPS) is 14.2. The highest BCUT2D eigenvalue weighted by Gasteiger charge is 2.17. The Bertz CT molecular complexity index is 813. The minimum atomic E-state index is -0.117. The molecule has 1 N–H and O–H groups in total. The SMILES string of the molecule is Cc1ccc(C)c(-c2csc(NC(=O)CSCC(=O)N3CCCCC3)n2)c1. The lowest BCUT2D eigenvalue weighted by molar-refractivity contribution is -0.129. The van der Waals surface area contributed by atoms with Crippen molar-refractivity contribution < 1.29 is 9.59 Å². The number of likely N-dealkylation sites (tertiary alicyclic amines) is 1. The molecule has 144 valence electrons. The van der Waals surface area contributed by atoms with Gasteiger partial charge in [-0.15, -0.1) is 23.1 Å². The minimum Gasteiger partial charge on any atom is -0.342 e. The van der Waals surface area contributed by atoms with Gasteiger partial charge in [-0.1, -0.05) is 17.7 Å². The third kappa shape index (κ3) is 5.56. The number of rotatable bonds is 6. The number of piperidine rings is 1. The fraction of sp³-hybridized carbons (Fsp3) is 0.450. The Morgan fingerprint density at radius 1 is 1.19 bits per heavy atom. The Morgan fingerprint density at radius 3 is 2.74 bits per heavy atom. The van der Waals surface area contributed by atoms with Gasteiger partial charge in [-0.2, -0.15) is 0 Å². The Kier molecular flexibility index (Phi) is 6.90. The number of nitrogens with zero attached hydrogens (tertiary/aromatic N) is 2. The van der Waals surface area contributed by atoms with Crippen LogP contribution in [-0.4, -0.2) is 46.3 Å². The summed E-state index contributed by atoms with van der Waals surface area (Å²) in [6.07, 6.45) is 3.38. The number of anilines is 1. The van der Waals surface area contributed by atoms with Crippen molar-refractivity contribution in [3.63, 3.8) is 0 Å². The topological polar surface area (TPSA) is 62.3 Å². The van der Waals surface area contributed by atoms with E-state index >= 15 is 0 Å². The molecule has 1 saturated heterocycles. The molecule has 0 bridgehead atoms. The van der Waals surface area contributed by atoms with Gasteiger partial charge in [-0.3, -0.25) is 9.59 Å². The van der Waals surface area contributed by atoms with Crippen LogP contribution in [0.5, 0.6) is 0 Å². The van der Waals surface area contributed by atoms with Crippen LogP contribution < -0.4 is 5.32 Å². The van der Waals surface area contributed by atoms with Crippen LogP contribution in [0, 0.1) is 13.8 Å². The summed E-state index contributed by atoms with van der Waals surface area (Å²) in [4.78, 5) is 30.7. The van der Waals surface area contributed by atoms with Crippen LogP contribution in [0.15, 0.2) is 23.6 Å². The van der Waals surface area contributed by atoms with Crippen molar-refractivity contribution in [1.29, 1.82) is 0 Å². The molecular weight excluding hydrogens is 378 g/mol. The van der Waals surface area contributed by atoms with E-state index in [1.54, 1.807) is 0 Å². The maximum Gasteiger partial charge on any atom is 0.236 e. The first-order valence-corrected chi connectivity index (χ1v) is 11.2. The number of aromatic nitrogens is 1. The summed E-state index contributed by atoms with van der Waals surface area (Å²) in [6, 6.07) is 6.27. The first-order chi connectivity index (χ1) is 13.0. The van der Waals surface area contributed by atoms with E-state index in [2.05, 4.69) is 42.3 Å². The quantitative estimate of drug-likeness (QED) is 0.788. The van der Waals surface area contributed by atoms with Gasteiger partial charge in [0, 0.05) is 24.0 Å². The highest BCUT2D eigenvalue weighted by atomic mass is 32.2. The molecule has 1 aliphatic rings. The van der Waals surface area contributed by atoms with Crippen LogP contribution in [0.1, 0.15) is 30.4 Å². The van der Waals surface area contributed by atoms with Crippen molar-refractivity contribution in [3.05, 3.63) is 34.7 Å². The van der Waals surface area contributed by atoms with E-state index in [4.69, 9.17) is 0 Å². The Morgan fingerprint density at radius 2 is 1.96 bits per heavy atom. The fourth-order valence-electron chi connectivity index (χ4n) is 3.09. The number of hydrogen-bond donors (Lipinski definition) is 1. The molecule has 0 unspecified atom stereocenters. The van der Waals surface area contributed by atoms with E-state index in [1.165, 1.54) is 35.1 Å². The van der Waals surface area contributed by atoms with E-state index in [1.807, 2.05) is 10.3 Å². The van der Waals surface area contributed by atoms with Gasteiger partial charge >= 0.3 is 0 Å². The van der Waals surface area contributed by atoms with Gasteiger partial charge in [0.1, 0.15) is 0 Å². The number of carbonyl (C=O) groups excluding carboxylic acids is 2. The lowest BCUT2D eigenvalue weighted by Gasteiger charge is -2.26. The largest absolute Gasteiger partial charge is 0.342 e. The van der Waals surface area contributed by atoms with E-state index in [0.717, 1.165) is 42.8 Å². The standard InChI is InChI=1S/C20H25N3O2S2/c1-14-6-7-15(2)16(10-14)17-11-27-20(21-17)22-18(24)12-26-13-19(25)23-8-4-3-5-9-23/h6-7,10-11H,3-5,8-9,12-13H2,1-2H3,(H,21,22,24). The predicted molar refractivity (Wildman–Crippen MR) is 113 cm³/mol. The summed E-state index contributed by atoms with van der Waals surface area (Å²) in [5.41, 5.74) is 4.32. The zero-order valence-corrected chi connectivity index (χ0v) is 17.4. The first-order valence-electron chi connectivity index (χ1n) is 9.21.